The Morgan fingerprint density at radius 2 is 2.04 bits per heavy atom. The van der Waals surface area contributed by atoms with Crippen LogP contribution in [-0.2, 0) is 9.53 Å². The minimum Gasteiger partial charge on any atom is -0.373 e. The molecule has 26 heavy (non-hydrogen) atoms. The van der Waals surface area contributed by atoms with E-state index in [-0.39, 0.29) is 17.9 Å². The molecule has 7 heteroatoms. The molecule has 1 fully saturated rings. The molecular formula is C19H20N4O3. The van der Waals surface area contributed by atoms with E-state index >= 15 is 0 Å². The molecule has 2 atom stereocenters. The van der Waals surface area contributed by atoms with E-state index in [4.69, 9.17) is 9.26 Å². The van der Waals surface area contributed by atoms with Crippen LogP contribution in [0.4, 0.5) is 5.82 Å². The molecule has 1 aliphatic rings. The molecule has 1 N–H and O–H groups in total. The summed E-state index contributed by atoms with van der Waals surface area (Å²) >= 11 is 0. The Labute approximate surface area is 150 Å². The highest BCUT2D eigenvalue weighted by Crippen LogP contribution is 2.38. The van der Waals surface area contributed by atoms with E-state index in [1.54, 1.807) is 6.07 Å². The van der Waals surface area contributed by atoms with Crippen LogP contribution >= 0.6 is 0 Å². The normalized spacial score (nSPS) is 19.6. The highest BCUT2D eigenvalue weighted by Gasteiger charge is 2.38. The monoisotopic (exact) mass is 352 g/mol. The second-order valence-electron chi connectivity index (χ2n) is 6.39. The van der Waals surface area contributed by atoms with Crippen molar-refractivity contribution in [2.45, 2.75) is 26.4 Å². The average Bonchev–Trinajstić information content (AvgIpc) is 3.37. The number of amides is 1. The zero-order valence-corrected chi connectivity index (χ0v) is 14.7. The molecule has 7 nitrogen and oxygen atoms in total. The molecule has 0 unspecified atom stereocenters. The Kier molecular flexibility index (Phi) is 4.30. The molecule has 1 amide bonds. The van der Waals surface area contributed by atoms with Gasteiger partial charge >= 0.3 is 0 Å². The Hall–Kier alpha value is -2.93. The van der Waals surface area contributed by atoms with Gasteiger partial charge in [0.1, 0.15) is 6.26 Å². The highest BCUT2D eigenvalue weighted by molar-refractivity contribution is 5.92. The lowest BCUT2D eigenvalue weighted by atomic mass is 9.93. The lowest BCUT2D eigenvalue weighted by molar-refractivity contribution is -0.121. The van der Waals surface area contributed by atoms with Crippen molar-refractivity contribution in [3.8, 4) is 5.69 Å². The number of aromatic nitrogens is 3. The van der Waals surface area contributed by atoms with Gasteiger partial charge in [-0.2, -0.15) is 5.10 Å². The van der Waals surface area contributed by atoms with Crippen molar-refractivity contribution in [3.63, 3.8) is 0 Å². The maximum absolute atomic E-state index is 12.7. The molecular weight excluding hydrogens is 332 g/mol. The SMILES string of the molecule is Cc1nn(-c2ccccc2)c(C)c1[C@H]1OCC[C@@H]1C(=O)Nc1ccon1. The van der Waals surface area contributed by atoms with E-state index in [0.29, 0.717) is 18.8 Å². The summed E-state index contributed by atoms with van der Waals surface area (Å²) in [4.78, 5) is 12.7. The topological polar surface area (TPSA) is 82.2 Å². The fourth-order valence-electron chi connectivity index (χ4n) is 3.53. The molecule has 0 aliphatic carbocycles. The van der Waals surface area contributed by atoms with Crippen LogP contribution in [0, 0.1) is 19.8 Å². The minimum absolute atomic E-state index is 0.118. The van der Waals surface area contributed by atoms with Gasteiger partial charge in [-0.15, -0.1) is 0 Å². The molecule has 1 aromatic carbocycles. The Morgan fingerprint density at radius 1 is 1.23 bits per heavy atom. The number of hydrogen-bond donors (Lipinski definition) is 1. The standard InChI is InChI=1S/C19H20N4O3/c1-12-17(13(2)23(21-12)14-6-4-3-5-7-14)18-15(8-10-25-18)19(24)20-16-9-11-26-22-16/h3-7,9,11,15,18H,8,10H2,1-2H3,(H,20,22,24)/t15-,18-/m0/s1. The zero-order valence-electron chi connectivity index (χ0n) is 14.7. The molecule has 3 heterocycles. The van der Waals surface area contributed by atoms with E-state index in [0.717, 1.165) is 22.6 Å². The fourth-order valence-corrected chi connectivity index (χ4v) is 3.53. The van der Waals surface area contributed by atoms with Gasteiger partial charge in [-0.25, -0.2) is 4.68 Å². The predicted molar refractivity (Wildman–Crippen MR) is 95.0 cm³/mol. The summed E-state index contributed by atoms with van der Waals surface area (Å²) in [5.74, 6) is -0.000686. The van der Waals surface area contributed by atoms with Crippen LogP contribution < -0.4 is 5.32 Å². The van der Waals surface area contributed by atoms with Gasteiger partial charge in [-0.3, -0.25) is 4.79 Å². The number of rotatable bonds is 4. The highest BCUT2D eigenvalue weighted by atomic mass is 16.5. The van der Waals surface area contributed by atoms with Crippen LogP contribution in [0.5, 0.6) is 0 Å². The number of ether oxygens (including phenoxy) is 1. The number of hydrogen-bond acceptors (Lipinski definition) is 5. The quantitative estimate of drug-likeness (QED) is 0.780. The fraction of sp³-hybridized carbons (Fsp3) is 0.316. The van der Waals surface area contributed by atoms with Crippen LogP contribution in [0.2, 0.25) is 0 Å². The number of nitrogens with one attached hydrogen (secondary N) is 1. The van der Waals surface area contributed by atoms with E-state index in [9.17, 15) is 4.79 Å². The number of aryl methyl sites for hydroxylation is 1. The van der Waals surface area contributed by atoms with Crippen LogP contribution in [-0.4, -0.2) is 27.5 Å². The Morgan fingerprint density at radius 3 is 2.77 bits per heavy atom. The van der Waals surface area contributed by atoms with Gasteiger partial charge in [-0.05, 0) is 32.4 Å². The third-order valence-corrected chi connectivity index (χ3v) is 4.75. The molecule has 2 aromatic heterocycles. The van der Waals surface area contributed by atoms with Gasteiger partial charge in [0.15, 0.2) is 5.82 Å². The first-order chi connectivity index (χ1) is 12.6. The van der Waals surface area contributed by atoms with Crippen molar-refractivity contribution in [1.82, 2.24) is 14.9 Å². The Balaban J connectivity index is 1.64. The van der Waals surface area contributed by atoms with Crippen molar-refractivity contribution in [3.05, 3.63) is 59.6 Å². The minimum atomic E-state index is -0.320. The predicted octanol–water partition coefficient (Wildman–Crippen LogP) is 3.19. The summed E-state index contributed by atoms with van der Waals surface area (Å²) in [7, 11) is 0. The molecule has 0 radical (unpaired) electrons. The van der Waals surface area contributed by atoms with E-state index < -0.39 is 0 Å². The third kappa shape index (κ3) is 2.90. The summed E-state index contributed by atoms with van der Waals surface area (Å²) in [6, 6.07) is 11.6. The van der Waals surface area contributed by atoms with E-state index in [2.05, 4.69) is 15.6 Å². The summed E-state index contributed by atoms with van der Waals surface area (Å²) in [5, 5.41) is 11.2. The van der Waals surface area contributed by atoms with Gasteiger partial charge in [0.05, 0.1) is 23.4 Å². The maximum Gasteiger partial charge on any atom is 0.231 e. The van der Waals surface area contributed by atoms with Crippen LogP contribution in [0.25, 0.3) is 5.69 Å². The van der Waals surface area contributed by atoms with Gasteiger partial charge < -0.3 is 14.6 Å². The van der Waals surface area contributed by atoms with Gasteiger partial charge in [0, 0.05) is 23.9 Å². The molecule has 134 valence electrons. The molecule has 0 spiro atoms. The van der Waals surface area contributed by atoms with Crippen LogP contribution in [0.3, 0.4) is 0 Å². The third-order valence-electron chi connectivity index (χ3n) is 4.75. The number of carbonyl (C=O) groups excluding carboxylic acids is 1. The maximum atomic E-state index is 12.7. The molecule has 0 saturated carbocycles. The first-order valence-corrected chi connectivity index (χ1v) is 8.59. The van der Waals surface area contributed by atoms with Crippen LogP contribution in [0.1, 0.15) is 29.5 Å². The van der Waals surface area contributed by atoms with Gasteiger partial charge in [0.25, 0.3) is 0 Å². The van der Waals surface area contributed by atoms with E-state index in [1.165, 1.54) is 6.26 Å². The van der Waals surface area contributed by atoms with Crippen molar-refractivity contribution in [2.75, 3.05) is 11.9 Å². The van der Waals surface area contributed by atoms with Gasteiger partial charge in [-0.1, -0.05) is 23.4 Å². The smallest absolute Gasteiger partial charge is 0.231 e. The lowest BCUT2D eigenvalue weighted by Gasteiger charge is -2.18. The average molecular weight is 352 g/mol. The molecule has 0 bridgehead atoms. The largest absolute Gasteiger partial charge is 0.373 e. The molecule has 3 aromatic rings. The van der Waals surface area contributed by atoms with Gasteiger partial charge in [0.2, 0.25) is 5.91 Å². The van der Waals surface area contributed by atoms with Crippen molar-refractivity contribution in [1.29, 1.82) is 0 Å². The summed E-state index contributed by atoms with van der Waals surface area (Å²) in [5.41, 5.74) is 3.82. The van der Waals surface area contributed by atoms with Crippen molar-refractivity contribution in [2.24, 2.45) is 5.92 Å². The molecule has 1 saturated heterocycles. The second-order valence-corrected chi connectivity index (χ2v) is 6.39. The number of anilines is 1. The second kappa shape index (κ2) is 6.76. The summed E-state index contributed by atoms with van der Waals surface area (Å²) in [6.07, 6.45) is 1.76. The summed E-state index contributed by atoms with van der Waals surface area (Å²) in [6.45, 7) is 4.50. The number of benzene rings is 1. The zero-order chi connectivity index (χ0) is 18.1. The van der Waals surface area contributed by atoms with Crippen molar-refractivity contribution >= 4 is 11.7 Å². The first-order valence-electron chi connectivity index (χ1n) is 8.59. The molecule has 1 aliphatic heterocycles. The lowest BCUT2D eigenvalue weighted by Crippen LogP contribution is -2.26. The molecule has 4 rings (SSSR count). The van der Waals surface area contributed by atoms with Crippen LogP contribution in [0.15, 0.2) is 47.2 Å². The first kappa shape index (κ1) is 16.5. The van der Waals surface area contributed by atoms with E-state index in [1.807, 2.05) is 48.9 Å². The summed E-state index contributed by atoms with van der Waals surface area (Å²) < 4.78 is 12.6. The number of nitrogens with zero attached hydrogens (tertiary/aromatic N) is 3. The van der Waals surface area contributed by atoms with Crippen molar-refractivity contribution < 1.29 is 14.1 Å². The Bertz CT molecular complexity index is 903. The number of carbonyl (C=O) groups is 1. The number of para-hydroxylation sites is 1.